The summed E-state index contributed by atoms with van der Waals surface area (Å²) < 4.78 is 6.00. The smallest absolute Gasteiger partial charge is 0.263 e. The van der Waals surface area contributed by atoms with Gasteiger partial charge < -0.3 is 0 Å². The molecule has 0 saturated heterocycles. The summed E-state index contributed by atoms with van der Waals surface area (Å²) in [4.78, 5) is 29.7. The molecular weight excluding hydrogens is 787 g/mol. The van der Waals surface area contributed by atoms with Gasteiger partial charge in [-0.15, -0.1) is 0 Å². The Kier molecular flexibility index (Phi) is 8.52. The van der Waals surface area contributed by atoms with Crippen LogP contribution in [0.2, 0.25) is 0 Å². The van der Waals surface area contributed by atoms with E-state index in [-0.39, 0.29) is 11.5 Å². The van der Waals surface area contributed by atoms with Crippen LogP contribution in [0, 0.1) is 5.41 Å². The molecule has 0 aliphatic heterocycles. The minimum atomic E-state index is -0.0656. The molecule has 0 fully saturated rings. The third kappa shape index (κ3) is 5.81. The maximum Gasteiger partial charge on any atom is 0.263 e. The molecule has 0 bridgehead atoms. The molecule has 302 valence electrons. The van der Waals surface area contributed by atoms with Crippen molar-refractivity contribution < 1.29 is 0 Å². The zero-order chi connectivity index (χ0) is 42.9. The summed E-state index contributed by atoms with van der Waals surface area (Å²) in [5.74, 6) is 0.533. The molecule has 0 unspecified atom stereocenters. The van der Waals surface area contributed by atoms with Crippen LogP contribution in [0.4, 0.5) is 0 Å². The van der Waals surface area contributed by atoms with Crippen LogP contribution in [0.25, 0.3) is 87.9 Å². The van der Waals surface area contributed by atoms with Gasteiger partial charge >= 0.3 is 0 Å². The van der Waals surface area contributed by atoms with Gasteiger partial charge in [0, 0.05) is 43.9 Å². The molecule has 0 amide bonds. The number of aromatic nitrogens is 4. The summed E-state index contributed by atoms with van der Waals surface area (Å²) in [6.07, 6.45) is 0. The highest BCUT2D eigenvalue weighted by Gasteiger charge is 2.22. The van der Waals surface area contributed by atoms with Crippen molar-refractivity contribution >= 4 is 88.6 Å². The van der Waals surface area contributed by atoms with E-state index in [2.05, 4.69) is 59.0 Å². The van der Waals surface area contributed by atoms with E-state index in [4.69, 9.17) is 15.0 Å². The van der Waals surface area contributed by atoms with E-state index < -0.39 is 0 Å². The third-order valence-corrected chi connectivity index (χ3v) is 12.3. The standard InChI is InChI=1S/C56H37N7O/c1-35(36-17-5-2-6-18-36)58-53(37-19-7-3-8-20-37)60-56(57)63-47-27-15-13-23-41(47)45-33-38(29-31-49(45)63)39-30-32-50-46(34-39)59-54-51-42-24-11-12-25-43(42)55(64)61(40-21-9-4-10-22-40)52(51)44-26-14-16-28-48(44)62(50)54/h2-34,57H,1H3/b57-56?,58-35?,60-53-. The fourth-order valence-electron chi connectivity index (χ4n) is 9.37. The molecular formula is C56H37N7O. The molecule has 8 heteroatoms. The molecule has 4 heterocycles. The highest BCUT2D eigenvalue weighted by Crippen LogP contribution is 2.38. The first kappa shape index (κ1) is 37.0. The normalized spacial score (nSPS) is 12.5. The van der Waals surface area contributed by atoms with E-state index in [1.165, 1.54) is 0 Å². The number of amidine groups is 1. The average Bonchev–Trinajstić information content (AvgIpc) is 3.90. The topological polar surface area (TPSA) is 92.8 Å². The lowest BCUT2D eigenvalue weighted by Gasteiger charge is -2.17. The highest BCUT2D eigenvalue weighted by molar-refractivity contribution is 6.22. The Morgan fingerprint density at radius 1 is 0.516 bits per heavy atom. The van der Waals surface area contributed by atoms with Crippen LogP contribution in [-0.2, 0) is 0 Å². The summed E-state index contributed by atoms with van der Waals surface area (Å²) >= 11 is 0. The van der Waals surface area contributed by atoms with Gasteiger partial charge in [-0.05, 0) is 78.2 Å². The van der Waals surface area contributed by atoms with Gasteiger partial charge in [-0.1, -0.05) is 146 Å². The minimum absolute atomic E-state index is 0.0656. The zero-order valence-electron chi connectivity index (χ0n) is 34.6. The lowest BCUT2D eigenvalue weighted by molar-refractivity contribution is 1.06. The van der Waals surface area contributed by atoms with Crippen molar-refractivity contribution in [3.8, 4) is 16.8 Å². The quantitative estimate of drug-likeness (QED) is 0.109. The molecule has 0 spiro atoms. The molecule has 12 rings (SSSR count). The maximum absolute atomic E-state index is 14.4. The lowest BCUT2D eigenvalue weighted by Crippen LogP contribution is -2.20. The van der Waals surface area contributed by atoms with Gasteiger partial charge in [0.2, 0.25) is 5.96 Å². The van der Waals surface area contributed by atoms with E-state index in [9.17, 15) is 10.2 Å². The predicted molar refractivity (Wildman–Crippen MR) is 264 cm³/mol. The van der Waals surface area contributed by atoms with Gasteiger partial charge in [0.05, 0.1) is 38.5 Å². The van der Waals surface area contributed by atoms with Gasteiger partial charge in [0.1, 0.15) is 5.65 Å². The van der Waals surface area contributed by atoms with Crippen LogP contribution < -0.4 is 5.56 Å². The first-order chi connectivity index (χ1) is 31.5. The van der Waals surface area contributed by atoms with Crippen LogP contribution in [-0.4, -0.2) is 36.0 Å². The maximum atomic E-state index is 14.4. The number of para-hydroxylation sites is 3. The van der Waals surface area contributed by atoms with Gasteiger partial charge in [-0.25, -0.2) is 9.98 Å². The van der Waals surface area contributed by atoms with Crippen molar-refractivity contribution in [2.24, 2.45) is 9.98 Å². The molecule has 1 N–H and O–H groups in total. The summed E-state index contributed by atoms with van der Waals surface area (Å²) in [6.45, 7) is 1.97. The fourth-order valence-corrected chi connectivity index (χ4v) is 9.37. The monoisotopic (exact) mass is 823 g/mol. The predicted octanol–water partition coefficient (Wildman–Crippen LogP) is 12.6. The zero-order valence-corrected chi connectivity index (χ0v) is 34.6. The Hall–Kier alpha value is -8.75. The number of aliphatic imine (C=N–C) groups is 2. The van der Waals surface area contributed by atoms with Crippen LogP contribution in [0.5, 0.6) is 0 Å². The van der Waals surface area contributed by atoms with E-state index in [1.807, 2.05) is 162 Å². The molecule has 0 atom stereocenters. The van der Waals surface area contributed by atoms with Crippen LogP contribution in [0.1, 0.15) is 18.1 Å². The first-order valence-electron chi connectivity index (χ1n) is 21.2. The van der Waals surface area contributed by atoms with E-state index >= 15 is 0 Å². The number of nitrogens with zero attached hydrogens (tertiary/aromatic N) is 6. The van der Waals surface area contributed by atoms with Gasteiger partial charge in [-0.2, -0.15) is 4.99 Å². The largest absolute Gasteiger partial charge is 0.292 e. The second-order valence-electron chi connectivity index (χ2n) is 16.0. The van der Waals surface area contributed by atoms with E-state index in [0.717, 1.165) is 99.3 Å². The number of fused-ring (bicyclic) bond motifs is 13. The van der Waals surface area contributed by atoms with Gasteiger partial charge in [-0.3, -0.25) is 23.7 Å². The van der Waals surface area contributed by atoms with Gasteiger partial charge in [0.15, 0.2) is 5.84 Å². The van der Waals surface area contributed by atoms with Crippen molar-refractivity contribution in [1.82, 2.24) is 18.5 Å². The average molecular weight is 824 g/mol. The first-order valence-corrected chi connectivity index (χ1v) is 21.2. The van der Waals surface area contributed by atoms with Crippen LogP contribution in [0.15, 0.2) is 215 Å². The molecule has 8 aromatic carbocycles. The lowest BCUT2D eigenvalue weighted by atomic mass is 10.0. The van der Waals surface area contributed by atoms with Crippen molar-refractivity contribution in [3.05, 3.63) is 222 Å². The number of hydrogen-bond donors (Lipinski definition) is 1. The van der Waals surface area contributed by atoms with Crippen LogP contribution >= 0.6 is 0 Å². The summed E-state index contributed by atoms with van der Waals surface area (Å²) in [5, 5.41) is 14.9. The SMILES string of the molecule is CC(=N/C(=N\C(=N)n1c2ccccc2c2cc(-c3ccc4c(c3)nc3c5c6ccccc6c(=O)n(-c6ccccc6)c5c5ccccc5n43)ccc21)c1ccccc1)c1ccccc1. The van der Waals surface area contributed by atoms with Crippen molar-refractivity contribution in [2.45, 2.75) is 6.92 Å². The minimum Gasteiger partial charge on any atom is -0.292 e. The molecule has 8 nitrogen and oxygen atoms in total. The summed E-state index contributed by atoms with van der Waals surface area (Å²) in [5.41, 5.74) is 11.6. The fraction of sp³-hybridized carbons (Fsp3) is 0.0179. The van der Waals surface area contributed by atoms with E-state index in [0.29, 0.717) is 11.2 Å². The molecule has 0 aliphatic carbocycles. The number of benzene rings is 8. The Labute approximate surface area is 366 Å². The Morgan fingerprint density at radius 2 is 1.08 bits per heavy atom. The second kappa shape index (κ2) is 14.7. The molecule has 64 heavy (non-hydrogen) atoms. The molecule has 0 saturated carbocycles. The number of imidazole rings is 1. The van der Waals surface area contributed by atoms with E-state index in [1.54, 1.807) is 0 Å². The van der Waals surface area contributed by atoms with Crippen molar-refractivity contribution in [2.75, 3.05) is 0 Å². The molecule has 0 aliphatic rings. The van der Waals surface area contributed by atoms with Crippen LogP contribution in [0.3, 0.4) is 0 Å². The summed E-state index contributed by atoms with van der Waals surface area (Å²) in [7, 11) is 0. The Bertz CT molecular complexity index is 3990. The van der Waals surface area contributed by atoms with Gasteiger partial charge in [0.25, 0.3) is 5.56 Å². The Balaban J connectivity index is 1.04. The third-order valence-electron chi connectivity index (χ3n) is 12.3. The second-order valence-corrected chi connectivity index (χ2v) is 16.0. The van der Waals surface area contributed by atoms with Crippen molar-refractivity contribution in [3.63, 3.8) is 0 Å². The highest BCUT2D eigenvalue weighted by atomic mass is 16.1. The number of rotatable bonds is 4. The number of pyridine rings is 2. The summed E-state index contributed by atoms with van der Waals surface area (Å²) in [6, 6.07) is 66.9. The molecule has 4 aromatic heterocycles. The Morgan fingerprint density at radius 3 is 1.81 bits per heavy atom. The number of hydrogen-bond acceptors (Lipinski definition) is 3. The van der Waals surface area contributed by atoms with Crippen molar-refractivity contribution in [1.29, 1.82) is 5.41 Å². The molecule has 12 aromatic rings. The number of nitrogens with one attached hydrogen (secondary N) is 1. The molecule has 0 radical (unpaired) electrons.